The molecule has 0 aromatic heterocycles. The molecule has 2 unspecified atom stereocenters. The number of unbranched alkanes of at least 4 members (excludes halogenated alkanes) is 10. The number of rotatable bonds is 52. The number of phosphoric acid groups is 1. The molecule has 0 fully saturated rings. The summed E-state index contributed by atoms with van der Waals surface area (Å²) in [5, 5.41) is 0. The van der Waals surface area contributed by atoms with Gasteiger partial charge in [-0.05, 0) is 128 Å². The third kappa shape index (κ3) is 60.6. The maximum Gasteiger partial charge on any atom is 0.472 e. The number of quaternary nitrogens is 1. The van der Waals surface area contributed by atoms with E-state index >= 15 is 0 Å². The molecule has 0 aliphatic rings. The van der Waals surface area contributed by atoms with E-state index in [9.17, 15) is 19.0 Å². The van der Waals surface area contributed by atoms with E-state index in [1.54, 1.807) is 0 Å². The first-order valence-corrected chi connectivity index (χ1v) is 31.4. The summed E-state index contributed by atoms with van der Waals surface area (Å²) in [5.41, 5.74) is 0. The van der Waals surface area contributed by atoms with Crippen molar-refractivity contribution in [3.8, 4) is 0 Å². The van der Waals surface area contributed by atoms with E-state index in [-0.39, 0.29) is 26.1 Å². The maximum atomic E-state index is 12.8. The van der Waals surface area contributed by atoms with Crippen LogP contribution in [0.25, 0.3) is 0 Å². The van der Waals surface area contributed by atoms with Crippen LogP contribution in [0.5, 0.6) is 0 Å². The summed E-state index contributed by atoms with van der Waals surface area (Å²) in [7, 11) is 1.42. The molecule has 1 N–H and O–H groups in total. The van der Waals surface area contributed by atoms with Crippen molar-refractivity contribution >= 4 is 19.8 Å². The van der Waals surface area contributed by atoms with Gasteiger partial charge in [-0.2, -0.15) is 0 Å². The molecule has 0 amide bonds. The van der Waals surface area contributed by atoms with Crippen LogP contribution >= 0.6 is 7.82 Å². The fraction of sp³-hybridized carbons (Fsp3) is 0.559. The highest BCUT2D eigenvalue weighted by atomic mass is 31.2. The molecule has 0 aromatic carbocycles. The summed E-state index contributed by atoms with van der Waals surface area (Å²) in [6.07, 6.45) is 87.1. The van der Waals surface area contributed by atoms with E-state index in [2.05, 4.69) is 184 Å². The van der Waals surface area contributed by atoms with Crippen LogP contribution in [-0.2, 0) is 32.7 Å². The first kappa shape index (κ1) is 73.4. The Morgan fingerprint density at radius 1 is 0.397 bits per heavy atom. The van der Waals surface area contributed by atoms with E-state index in [4.69, 9.17) is 18.5 Å². The molecule has 438 valence electrons. The number of nitrogens with zero attached hydrogens (tertiary/aromatic N) is 1. The lowest BCUT2D eigenvalue weighted by Gasteiger charge is -2.24. The van der Waals surface area contributed by atoms with Crippen LogP contribution in [-0.4, -0.2) is 74.9 Å². The van der Waals surface area contributed by atoms with Gasteiger partial charge in [0, 0.05) is 12.8 Å². The Bertz CT molecular complexity index is 1920. The summed E-state index contributed by atoms with van der Waals surface area (Å²) in [6, 6.07) is 0. The van der Waals surface area contributed by atoms with E-state index in [1.807, 2.05) is 21.1 Å². The second kappa shape index (κ2) is 57.1. The zero-order chi connectivity index (χ0) is 57.0. The van der Waals surface area contributed by atoms with Crippen LogP contribution in [0.1, 0.15) is 194 Å². The lowest BCUT2D eigenvalue weighted by molar-refractivity contribution is -0.870. The van der Waals surface area contributed by atoms with Crippen molar-refractivity contribution in [1.29, 1.82) is 0 Å². The lowest BCUT2D eigenvalue weighted by Crippen LogP contribution is -2.37. The fourth-order valence-corrected chi connectivity index (χ4v) is 7.95. The number of phosphoric ester groups is 1. The first-order chi connectivity index (χ1) is 38.0. The minimum Gasteiger partial charge on any atom is -0.462 e. The summed E-state index contributed by atoms with van der Waals surface area (Å²) in [5.74, 6) is -0.864. The third-order valence-electron chi connectivity index (χ3n) is 11.7. The van der Waals surface area contributed by atoms with Crippen molar-refractivity contribution in [2.75, 3.05) is 47.5 Å². The van der Waals surface area contributed by atoms with Crippen LogP contribution < -0.4 is 0 Å². The predicted octanol–water partition coefficient (Wildman–Crippen LogP) is 19.0. The summed E-state index contributed by atoms with van der Waals surface area (Å²) < 4.78 is 34.5. The van der Waals surface area contributed by atoms with Crippen molar-refractivity contribution in [3.05, 3.63) is 170 Å². The van der Waals surface area contributed by atoms with Gasteiger partial charge in [0.1, 0.15) is 19.8 Å². The van der Waals surface area contributed by atoms with E-state index in [1.165, 1.54) is 12.8 Å². The molecular formula is C68H109NO8P+. The Labute approximate surface area is 477 Å². The quantitative estimate of drug-likeness (QED) is 0.0211. The normalized spacial score (nSPS) is 14.5. The molecule has 0 aliphatic heterocycles. The van der Waals surface area contributed by atoms with E-state index in [0.29, 0.717) is 23.9 Å². The van der Waals surface area contributed by atoms with Gasteiger partial charge in [0.25, 0.3) is 0 Å². The molecule has 0 bridgehead atoms. The molecule has 0 heterocycles. The molecule has 78 heavy (non-hydrogen) atoms. The summed E-state index contributed by atoms with van der Waals surface area (Å²) in [4.78, 5) is 35.7. The number of esters is 2. The predicted molar refractivity (Wildman–Crippen MR) is 334 cm³/mol. The van der Waals surface area contributed by atoms with Gasteiger partial charge in [0.15, 0.2) is 6.10 Å². The van der Waals surface area contributed by atoms with Crippen LogP contribution in [0, 0.1) is 0 Å². The van der Waals surface area contributed by atoms with Crippen LogP contribution in [0.3, 0.4) is 0 Å². The van der Waals surface area contributed by atoms with Crippen molar-refractivity contribution in [2.45, 2.75) is 200 Å². The molecule has 2 atom stereocenters. The lowest BCUT2D eigenvalue weighted by atomic mass is 10.1. The standard InChI is InChI=1S/C68H108NO8P/c1-6-8-10-12-14-16-18-20-22-24-26-27-28-29-30-31-32-33-34-35-36-37-38-39-40-41-43-45-47-49-51-53-55-57-59-61-68(71)77-66(65-76-78(72,73)75-63-62-69(3,4)5)64-74-67(70)60-58-56-54-52-50-48-46-44-42-25-23-21-19-17-15-13-11-9-7-2/h8-11,14-17,20-23,26-27,29-30,32-33,35-36,38-39,41-44,48,50,66H,6-7,12-13,18-19,24-25,28,31,34,37,40,45-47,49,51-65H2,1-5H3/p+1/b10-8-,11-9-,16-14-,17-15-,22-20-,23-21-,27-26-,30-29-,33-32-,36-35-,39-38-,43-41-,44-42-,50-48-. The molecule has 0 rings (SSSR count). The topological polar surface area (TPSA) is 108 Å². The van der Waals surface area contributed by atoms with Crippen molar-refractivity contribution < 1.29 is 42.1 Å². The van der Waals surface area contributed by atoms with E-state index < -0.39 is 32.5 Å². The largest absolute Gasteiger partial charge is 0.472 e. The highest BCUT2D eigenvalue weighted by molar-refractivity contribution is 7.47. The van der Waals surface area contributed by atoms with Crippen LogP contribution in [0.15, 0.2) is 170 Å². The molecule has 9 nitrogen and oxygen atoms in total. The average Bonchev–Trinajstić information content (AvgIpc) is 3.41. The van der Waals surface area contributed by atoms with Gasteiger partial charge in [0.05, 0.1) is 27.7 Å². The smallest absolute Gasteiger partial charge is 0.462 e. The van der Waals surface area contributed by atoms with Gasteiger partial charge in [-0.3, -0.25) is 18.6 Å². The van der Waals surface area contributed by atoms with Gasteiger partial charge >= 0.3 is 19.8 Å². The Kier molecular flexibility index (Phi) is 53.7. The number of likely N-dealkylation sites (N-methyl/N-ethyl adjacent to an activating group) is 1. The van der Waals surface area contributed by atoms with Gasteiger partial charge in [0.2, 0.25) is 0 Å². The highest BCUT2D eigenvalue weighted by Gasteiger charge is 2.27. The summed E-state index contributed by atoms with van der Waals surface area (Å²) >= 11 is 0. The second-order valence-corrected chi connectivity index (χ2v) is 21.7. The zero-order valence-electron chi connectivity index (χ0n) is 49.6. The third-order valence-corrected chi connectivity index (χ3v) is 12.7. The molecule has 0 aliphatic carbocycles. The Balaban J connectivity index is 4.26. The number of carbonyl (C=O) groups excluding carboxylic acids is 2. The minimum atomic E-state index is -4.41. The average molecular weight is 1100 g/mol. The van der Waals surface area contributed by atoms with Gasteiger partial charge < -0.3 is 18.9 Å². The van der Waals surface area contributed by atoms with Crippen molar-refractivity contribution in [3.63, 3.8) is 0 Å². The summed E-state index contributed by atoms with van der Waals surface area (Å²) in [6.45, 7) is 4.12. The minimum absolute atomic E-state index is 0.0133. The SMILES string of the molecule is CC/C=C\C/C=C\C/C=C\C/C=C\C/C=C\C/C=C\C/C=C\C/C=C\C/C=C\CCCCCCCCCC(=O)OC(COC(=O)CCCCC/C=C\C/C=C\C/C=C\C/C=C\C/C=C\CC)COP(=O)(O)OCC[N+](C)(C)C. The first-order valence-electron chi connectivity index (χ1n) is 29.9. The molecule has 0 radical (unpaired) electrons. The molecule has 0 saturated carbocycles. The van der Waals surface area contributed by atoms with Crippen molar-refractivity contribution in [2.24, 2.45) is 0 Å². The fourth-order valence-electron chi connectivity index (χ4n) is 7.21. The maximum absolute atomic E-state index is 12.8. The van der Waals surface area contributed by atoms with Gasteiger partial charge in [-0.25, -0.2) is 4.57 Å². The highest BCUT2D eigenvalue weighted by Crippen LogP contribution is 2.43. The number of carbonyl (C=O) groups is 2. The number of hydrogen-bond donors (Lipinski definition) is 1. The Morgan fingerprint density at radius 2 is 0.692 bits per heavy atom. The Morgan fingerprint density at radius 3 is 1.04 bits per heavy atom. The second-order valence-electron chi connectivity index (χ2n) is 20.3. The number of allylic oxidation sites excluding steroid dienone is 28. The molecular weight excluding hydrogens is 990 g/mol. The molecule has 0 aromatic rings. The van der Waals surface area contributed by atoms with Gasteiger partial charge in [-0.15, -0.1) is 0 Å². The van der Waals surface area contributed by atoms with Crippen LogP contribution in [0.4, 0.5) is 0 Å². The van der Waals surface area contributed by atoms with Gasteiger partial charge in [-0.1, -0.05) is 223 Å². The zero-order valence-corrected chi connectivity index (χ0v) is 50.5. The molecule has 10 heteroatoms. The molecule has 0 saturated heterocycles. The van der Waals surface area contributed by atoms with Crippen molar-refractivity contribution in [1.82, 2.24) is 0 Å². The van der Waals surface area contributed by atoms with E-state index in [0.717, 1.165) is 141 Å². The number of ether oxygens (including phenoxy) is 2. The number of hydrogen-bond acceptors (Lipinski definition) is 7. The molecule has 0 spiro atoms. The van der Waals surface area contributed by atoms with Crippen LogP contribution in [0.2, 0.25) is 0 Å². The monoisotopic (exact) mass is 1100 g/mol. The Hall–Kier alpha value is -4.63.